The number of carbonyl (C=O) groups is 2. The zero-order valence-electron chi connectivity index (χ0n) is 22.2. The summed E-state index contributed by atoms with van der Waals surface area (Å²) in [5.41, 5.74) is -2.38. The van der Waals surface area contributed by atoms with Crippen LogP contribution in [0.25, 0.3) is 0 Å². The van der Waals surface area contributed by atoms with Gasteiger partial charge in [0.2, 0.25) is 11.8 Å². The van der Waals surface area contributed by atoms with Crippen molar-refractivity contribution in [2.24, 2.45) is 0 Å². The monoisotopic (exact) mass is 620 g/mol. The SMILES string of the molecule is O=C1C[C@@H](c2cc(Cl)ccc2C(F)(F)F)[C@]2(C(=O)Nc3cc(Cl)ccc32)[C@@H](c2cc(F)ccc2OC2CCCCC2)N1. The minimum Gasteiger partial charge on any atom is -0.490 e. The number of hydrogen-bond donors (Lipinski definition) is 2. The van der Waals surface area contributed by atoms with Crippen molar-refractivity contribution in [3.05, 3.63) is 92.7 Å². The summed E-state index contributed by atoms with van der Waals surface area (Å²) in [6.07, 6.45) is -0.887. The van der Waals surface area contributed by atoms with Crippen LogP contribution in [0, 0.1) is 5.82 Å². The summed E-state index contributed by atoms with van der Waals surface area (Å²) in [5.74, 6) is -2.99. The minimum absolute atomic E-state index is 0.0116. The van der Waals surface area contributed by atoms with Gasteiger partial charge >= 0.3 is 6.18 Å². The Hall–Kier alpha value is -3.30. The molecular weight excluding hydrogens is 595 g/mol. The smallest absolute Gasteiger partial charge is 0.416 e. The topological polar surface area (TPSA) is 67.4 Å². The summed E-state index contributed by atoms with van der Waals surface area (Å²) in [6.45, 7) is 0. The highest BCUT2D eigenvalue weighted by atomic mass is 35.5. The highest BCUT2D eigenvalue weighted by Crippen LogP contribution is 2.59. The van der Waals surface area contributed by atoms with Crippen LogP contribution in [0.4, 0.5) is 23.2 Å². The number of amides is 2. The van der Waals surface area contributed by atoms with Crippen molar-refractivity contribution in [2.75, 3.05) is 5.32 Å². The highest BCUT2D eigenvalue weighted by Gasteiger charge is 2.62. The molecule has 2 heterocycles. The van der Waals surface area contributed by atoms with Crippen LogP contribution in [0.5, 0.6) is 5.75 Å². The second-order valence-corrected chi connectivity index (χ2v) is 11.9. The molecule has 2 amide bonds. The molecule has 5 nitrogen and oxygen atoms in total. The average molecular weight is 621 g/mol. The van der Waals surface area contributed by atoms with E-state index in [0.29, 0.717) is 16.3 Å². The number of hydrogen-bond acceptors (Lipinski definition) is 3. The molecule has 1 aliphatic carbocycles. The molecule has 11 heteroatoms. The van der Waals surface area contributed by atoms with Gasteiger partial charge in [-0.15, -0.1) is 0 Å². The Morgan fingerprint density at radius 2 is 1.60 bits per heavy atom. The normalized spacial score (nSPS) is 24.3. The van der Waals surface area contributed by atoms with Gasteiger partial charge in [-0.05, 0) is 85.3 Å². The molecule has 42 heavy (non-hydrogen) atoms. The number of halogens is 6. The van der Waals surface area contributed by atoms with Gasteiger partial charge in [-0.25, -0.2) is 4.39 Å². The number of fused-ring (bicyclic) bond motifs is 2. The van der Waals surface area contributed by atoms with Crippen molar-refractivity contribution in [3.8, 4) is 5.75 Å². The zero-order valence-corrected chi connectivity index (χ0v) is 23.7. The third kappa shape index (κ3) is 4.90. The van der Waals surface area contributed by atoms with Crippen molar-refractivity contribution in [3.63, 3.8) is 0 Å². The van der Waals surface area contributed by atoms with Crippen molar-refractivity contribution in [1.29, 1.82) is 0 Å². The summed E-state index contributed by atoms with van der Waals surface area (Å²) in [6, 6.07) is 10.3. The number of nitrogens with one attached hydrogen (secondary N) is 2. The lowest BCUT2D eigenvalue weighted by Gasteiger charge is -2.47. The molecule has 3 aliphatic rings. The van der Waals surface area contributed by atoms with E-state index < -0.39 is 53.2 Å². The zero-order chi connectivity index (χ0) is 29.8. The number of benzene rings is 3. The van der Waals surface area contributed by atoms with Gasteiger partial charge in [-0.1, -0.05) is 35.7 Å². The van der Waals surface area contributed by atoms with E-state index in [9.17, 15) is 27.2 Å². The number of rotatable bonds is 4. The largest absolute Gasteiger partial charge is 0.490 e. The van der Waals surface area contributed by atoms with Gasteiger partial charge in [0.25, 0.3) is 0 Å². The molecule has 1 spiro atoms. The van der Waals surface area contributed by atoms with Crippen LogP contribution >= 0.6 is 23.2 Å². The molecule has 220 valence electrons. The van der Waals surface area contributed by atoms with E-state index in [0.717, 1.165) is 50.3 Å². The predicted molar refractivity (Wildman–Crippen MR) is 150 cm³/mol. The van der Waals surface area contributed by atoms with Crippen molar-refractivity contribution in [1.82, 2.24) is 5.32 Å². The Morgan fingerprint density at radius 1 is 0.881 bits per heavy atom. The van der Waals surface area contributed by atoms with Crippen LogP contribution in [-0.4, -0.2) is 17.9 Å². The van der Waals surface area contributed by atoms with E-state index in [1.165, 1.54) is 30.3 Å². The Bertz CT molecular complexity index is 1570. The van der Waals surface area contributed by atoms with E-state index in [1.54, 1.807) is 6.07 Å². The molecule has 0 bridgehead atoms. The summed E-state index contributed by atoms with van der Waals surface area (Å²) >= 11 is 12.5. The first-order valence-electron chi connectivity index (χ1n) is 13.7. The first-order valence-corrected chi connectivity index (χ1v) is 14.5. The molecule has 0 unspecified atom stereocenters. The van der Waals surface area contributed by atoms with Crippen LogP contribution < -0.4 is 15.4 Å². The second-order valence-electron chi connectivity index (χ2n) is 11.1. The molecule has 1 saturated heterocycles. The van der Waals surface area contributed by atoms with Crippen LogP contribution in [-0.2, 0) is 21.2 Å². The molecule has 0 radical (unpaired) electrons. The molecule has 2 fully saturated rings. The lowest BCUT2D eigenvalue weighted by molar-refractivity contribution is -0.140. The van der Waals surface area contributed by atoms with E-state index in [4.69, 9.17) is 27.9 Å². The van der Waals surface area contributed by atoms with Gasteiger partial charge in [0.1, 0.15) is 17.0 Å². The number of piperidine rings is 1. The van der Waals surface area contributed by atoms with E-state index >= 15 is 0 Å². The lowest BCUT2D eigenvalue weighted by Crippen LogP contribution is -2.57. The Balaban J connectivity index is 1.62. The summed E-state index contributed by atoms with van der Waals surface area (Å²) in [5, 5.41) is 5.92. The van der Waals surface area contributed by atoms with Crippen LogP contribution in [0.2, 0.25) is 10.0 Å². The lowest BCUT2D eigenvalue weighted by atomic mass is 9.58. The predicted octanol–water partition coefficient (Wildman–Crippen LogP) is 8.10. The van der Waals surface area contributed by atoms with Gasteiger partial charge in [-0.2, -0.15) is 13.2 Å². The Kier molecular flexibility index (Phi) is 7.38. The standard InChI is InChI=1S/C31H26Cl2F4N2O3/c32-16-6-9-22(31(35,36)37)20(12-16)24-15-27(40)39-28(30(24)23-10-7-17(33)13-25(23)38-29(30)41)21-14-18(34)8-11-26(21)42-19-4-2-1-3-5-19/h6-14,19,24,28H,1-5,15H2,(H,38,41)(H,39,40)/t24-,28+,30-/m0/s1. The molecule has 1 saturated carbocycles. The molecule has 3 atom stereocenters. The third-order valence-corrected chi connectivity index (χ3v) is 9.04. The number of ether oxygens (including phenoxy) is 1. The maximum absolute atomic E-state index is 14.9. The van der Waals surface area contributed by atoms with Crippen LogP contribution in [0.3, 0.4) is 0 Å². The molecule has 3 aromatic carbocycles. The second kappa shape index (κ2) is 10.8. The molecule has 2 aliphatic heterocycles. The summed E-state index contributed by atoms with van der Waals surface area (Å²) in [7, 11) is 0. The number of anilines is 1. The fourth-order valence-corrected chi connectivity index (χ4v) is 7.17. The van der Waals surface area contributed by atoms with Crippen LogP contribution in [0.15, 0.2) is 54.6 Å². The summed E-state index contributed by atoms with van der Waals surface area (Å²) in [4.78, 5) is 27.6. The number of carbonyl (C=O) groups excluding carboxylic acids is 2. The first kappa shape index (κ1) is 28.8. The fourth-order valence-electron chi connectivity index (χ4n) is 6.82. The third-order valence-electron chi connectivity index (χ3n) is 8.57. The maximum Gasteiger partial charge on any atom is 0.416 e. The van der Waals surface area contributed by atoms with Crippen LogP contribution in [0.1, 0.15) is 72.7 Å². The molecule has 3 aromatic rings. The molecule has 2 N–H and O–H groups in total. The highest BCUT2D eigenvalue weighted by molar-refractivity contribution is 6.31. The van der Waals surface area contributed by atoms with Gasteiger partial charge in [0.15, 0.2) is 0 Å². The van der Waals surface area contributed by atoms with Crippen molar-refractivity contribution < 1.29 is 31.9 Å². The Morgan fingerprint density at radius 3 is 2.33 bits per heavy atom. The first-order chi connectivity index (χ1) is 20.0. The van der Waals surface area contributed by atoms with Gasteiger partial charge in [-0.3, -0.25) is 9.59 Å². The van der Waals surface area contributed by atoms with E-state index in [-0.39, 0.29) is 28.0 Å². The summed E-state index contributed by atoms with van der Waals surface area (Å²) < 4.78 is 64.5. The van der Waals surface area contributed by atoms with E-state index in [1.807, 2.05) is 0 Å². The van der Waals surface area contributed by atoms with Gasteiger partial charge < -0.3 is 15.4 Å². The quantitative estimate of drug-likeness (QED) is 0.290. The van der Waals surface area contributed by atoms with Gasteiger partial charge in [0, 0.05) is 33.6 Å². The van der Waals surface area contributed by atoms with Crippen molar-refractivity contribution >= 4 is 40.7 Å². The molecule has 0 aromatic heterocycles. The Labute approximate surface area is 249 Å². The van der Waals surface area contributed by atoms with Gasteiger partial charge in [0.05, 0.1) is 17.7 Å². The van der Waals surface area contributed by atoms with Crippen molar-refractivity contribution in [2.45, 2.75) is 68.2 Å². The maximum atomic E-state index is 14.9. The molecule has 6 rings (SSSR count). The minimum atomic E-state index is -4.81. The number of alkyl halides is 3. The molecular formula is C31H26Cl2F4N2O3. The van der Waals surface area contributed by atoms with E-state index in [2.05, 4.69) is 10.6 Å². The fraction of sp³-hybridized carbons (Fsp3) is 0.355. The average Bonchev–Trinajstić information content (AvgIpc) is 3.21.